The van der Waals surface area contributed by atoms with Gasteiger partial charge in [0, 0.05) is 11.0 Å². The Morgan fingerprint density at radius 2 is 2.07 bits per heavy atom. The first-order valence-corrected chi connectivity index (χ1v) is 9.32. The summed E-state index contributed by atoms with van der Waals surface area (Å²) < 4.78 is 31.7. The Labute approximate surface area is 159 Å². The summed E-state index contributed by atoms with van der Waals surface area (Å²) in [5, 5.41) is 2.72. The lowest BCUT2D eigenvalue weighted by Crippen LogP contribution is -2.46. The van der Waals surface area contributed by atoms with Crippen LogP contribution in [0.5, 0.6) is 5.75 Å². The first-order valence-electron chi connectivity index (χ1n) is 8.33. The molecule has 2 amide bonds. The second-order valence-electron chi connectivity index (χ2n) is 6.09. The van der Waals surface area contributed by atoms with Crippen LogP contribution in [-0.4, -0.2) is 36.8 Å². The van der Waals surface area contributed by atoms with Crippen molar-refractivity contribution in [3.05, 3.63) is 54.1 Å². The number of ether oxygens (including phenoxy) is 1. The topological polar surface area (TPSA) is 58.6 Å². The van der Waals surface area contributed by atoms with Gasteiger partial charge in [-0.05, 0) is 31.2 Å². The van der Waals surface area contributed by atoms with Crippen LogP contribution in [0.2, 0.25) is 0 Å². The summed E-state index contributed by atoms with van der Waals surface area (Å²) >= 11 is 1.44. The lowest BCUT2D eigenvalue weighted by Gasteiger charge is -2.28. The predicted molar refractivity (Wildman–Crippen MR) is 99.0 cm³/mol. The Bertz CT molecular complexity index is 863. The third kappa shape index (κ3) is 4.77. The zero-order valence-corrected chi connectivity index (χ0v) is 15.4. The van der Waals surface area contributed by atoms with Crippen LogP contribution in [0.15, 0.2) is 47.4 Å². The van der Waals surface area contributed by atoms with Crippen molar-refractivity contribution >= 4 is 29.3 Å². The zero-order valence-electron chi connectivity index (χ0n) is 14.6. The molecule has 2 aromatic carbocycles. The molecule has 1 N–H and O–H groups in total. The number of para-hydroxylation sites is 1. The van der Waals surface area contributed by atoms with E-state index in [4.69, 9.17) is 4.74 Å². The van der Waals surface area contributed by atoms with Gasteiger partial charge in [0.25, 0.3) is 0 Å². The lowest BCUT2D eigenvalue weighted by molar-refractivity contribution is -0.123. The van der Waals surface area contributed by atoms with Crippen LogP contribution >= 0.6 is 11.8 Å². The maximum Gasteiger partial charge on any atom is 0.240 e. The van der Waals surface area contributed by atoms with Gasteiger partial charge in [-0.1, -0.05) is 12.1 Å². The van der Waals surface area contributed by atoms with E-state index in [2.05, 4.69) is 5.32 Å². The van der Waals surface area contributed by atoms with Gasteiger partial charge >= 0.3 is 0 Å². The Morgan fingerprint density at radius 3 is 2.85 bits per heavy atom. The molecule has 1 atom stereocenters. The molecule has 0 spiro atoms. The number of nitrogens with one attached hydrogen (secondary N) is 1. The Morgan fingerprint density at radius 1 is 1.30 bits per heavy atom. The molecule has 0 aliphatic carbocycles. The number of hydrogen-bond acceptors (Lipinski definition) is 4. The highest BCUT2D eigenvalue weighted by atomic mass is 32.2. The van der Waals surface area contributed by atoms with Crippen LogP contribution in [0, 0.1) is 11.6 Å². The van der Waals surface area contributed by atoms with Gasteiger partial charge in [-0.3, -0.25) is 9.59 Å². The molecule has 1 aliphatic rings. The Balaban J connectivity index is 1.55. The first kappa shape index (κ1) is 19.2. The first-order chi connectivity index (χ1) is 12.9. The van der Waals surface area contributed by atoms with Gasteiger partial charge < -0.3 is 15.0 Å². The monoisotopic (exact) mass is 392 g/mol. The smallest absolute Gasteiger partial charge is 0.240 e. The number of nitrogens with zero attached hydrogens (tertiary/aromatic N) is 1. The number of anilines is 1. The molecule has 142 valence electrons. The molecule has 1 heterocycles. The van der Waals surface area contributed by atoms with Crippen molar-refractivity contribution in [2.45, 2.75) is 17.9 Å². The molecule has 1 aliphatic heterocycles. The number of rotatable bonds is 6. The number of halogens is 2. The second kappa shape index (κ2) is 8.39. The summed E-state index contributed by atoms with van der Waals surface area (Å²) in [6.07, 6.45) is 0. The van der Waals surface area contributed by atoms with Crippen LogP contribution in [0.3, 0.4) is 0 Å². The van der Waals surface area contributed by atoms with Crippen molar-refractivity contribution < 1.29 is 23.1 Å². The van der Waals surface area contributed by atoms with Crippen molar-refractivity contribution in [2.75, 3.05) is 23.8 Å². The van der Waals surface area contributed by atoms with Crippen molar-refractivity contribution in [2.24, 2.45) is 0 Å². The average Bonchev–Trinajstić information content (AvgIpc) is 2.63. The minimum absolute atomic E-state index is 0.00861. The number of thioether (sulfide) groups is 1. The van der Waals surface area contributed by atoms with Gasteiger partial charge in [0.05, 0.1) is 17.5 Å². The quantitative estimate of drug-likeness (QED) is 0.821. The zero-order chi connectivity index (χ0) is 19.4. The maximum absolute atomic E-state index is 13.6. The van der Waals surface area contributed by atoms with Gasteiger partial charge in [0.1, 0.15) is 19.0 Å². The fourth-order valence-corrected chi connectivity index (χ4v) is 3.58. The molecular weight excluding hydrogens is 374 g/mol. The number of benzene rings is 2. The van der Waals surface area contributed by atoms with Gasteiger partial charge in [-0.15, -0.1) is 11.8 Å². The van der Waals surface area contributed by atoms with Crippen LogP contribution in [0.25, 0.3) is 0 Å². The molecule has 8 heteroatoms. The minimum atomic E-state index is -0.804. The van der Waals surface area contributed by atoms with Gasteiger partial charge in [-0.2, -0.15) is 0 Å². The molecule has 0 bridgehead atoms. The fourth-order valence-electron chi connectivity index (χ4n) is 2.64. The van der Waals surface area contributed by atoms with Crippen molar-refractivity contribution in [3.8, 4) is 5.75 Å². The summed E-state index contributed by atoms with van der Waals surface area (Å²) in [7, 11) is 0. The number of carbonyl (C=O) groups excluding carboxylic acids is 2. The molecule has 2 aromatic rings. The van der Waals surface area contributed by atoms with Crippen molar-refractivity contribution in [3.63, 3.8) is 0 Å². The maximum atomic E-state index is 13.6. The Kier molecular flexibility index (Phi) is 5.95. The minimum Gasteiger partial charge on any atom is -0.488 e. The molecule has 1 unspecified atom stereocenters. The summed E-state index contributed by atoms with van der Waals surface area (Å²) in [6.45, 7) is 1.60. The highest BCUT2D eigenvalue weighted by Crippen LogP contribution is 2.34. The summed E-state index contributed by atoms with van der Waals surface area (Å²) in [5.41, 5.74) is 0.714. The molecule has 0 aromatic heterocycles. The van der Waals surface area contributed by atoms with E-state index in [1.54, 1.807) is 13.0 Å². The molecular formula is C19H18F2N2O3S. The number of hydrogen-bond donors (Lipinski definition) is 1. The SMILES string of the molecule is CC(COc1ccc(F)cc1F)NC(=O)CN1C(=O)CSc2ccccc21. The fraction of sp³-hybridized carbons (Fsp3) is 0.263. The van der Waals surface area contributed by atoms with E-state index in [0.29, 0.717) is 5.69 Å². The molecule has 0 saturated heterocycles. The van der Waals surface area contributed by atoms with Crippen LogP contribution in [0.1, 0.15) is 6.92 Å². The highest BCUT2D eigenvalue weighted by molar-refractivity contribution is 8.00. The van der Waals surface area contributed by atoms with Crippen LogP contribution < -0.4 is 15.0 Å². The largest absolute Gasteiger partial charge is 0.488 e. The molecule has 3 rings (SSSR count). The third-order valence-corrected chi connectivity index (χ3v) is 4.95. The van der Waals surface area contributed by atoms with E-state index < -0.39 is 17.7 Å². The molecule has 27 heavy (non-hydrogen) atoms. The summed E-state index contributed by atoms with van der Waals surface area (Å²) in [5.74, 6) is -1.78. The molecule has 5 nitrogen and oxygen atoms in total. The van der Waals surface area contributed by atoms with Crippen molar-refractivity contribution in [1.29, 1.82) is 0 Å². The summed E-state index contributed by atoms with van der Waals surface area (Å²) in [4.78, 5) is 26.9. The number of amides is 2. The number of fused-ring (bicyclic) bond motifs is 1. The van der Waals surface area contributed by atoms with Crippen LogP contribution in [-0.2, 0) is 9.59 Å². The second-order valence-corrected chi connectivity index (χ2v) is 7.11. The Hall–Kier alpha value is -2.61. The third-order valence-electron chi connectivity index (χ3n) is 3.90. The van der Waals surface area contributed by atoms with E-state index >= 15 is 0 Å². The van der Waals surface area contributed by atoms with E-state index in [-0.39, 0.29) is 36.5 Å². The van der Waals surface area contributed by atoms with Crippen molar-refractivity contribution in [1.82, 2.24) is 5.32 Å². The van der Waals surface area contributed by atoms with Gasteiger partial charge in [-0.25, -0.2) is 8.78 Å². The molecule has 0 fully saturated rings. The van der Waals surface area contributed by atoms with E-state index in [0.717, 1.165) is 17.0 Å². The normalized spacial score (nSPS) is 14.5. The molecule has 0 radical (unpaired) electrons. The standard InChI is InChI=1S/C19H18F2N2O3S/c1-12(10-26-16-7-6-13(20)8-14(16)21)22-18(24)9-23-15-4-2-3-5-17(15)27-11-19(23)25/h2-8,12H,9-11H2,1H3,(H,22,24). The predicted octanol–water partition coefficient (Wildman–Crippen LogP) is 2.99. The average molecular weight is 392 g/mol. The van der Waals surface area contributed by atoms with E-state index in [1.165, 1.54) is 22.7 Å². The van der Waals surface area contributed by atoms with E-state index in [9.17, 15) is 18.4 Å². The van der Waals surface area contributed by atoms with Gasteiger partial charge in [0.15, 0.2) is 11.6 Å². The summed E-state index contributed by atoms with van der Waals surface area (Å²) in [6, 6.07) is 10.0. The van der Waals surface area contributed by atoms with Crippen LogP contribution in [0.4, 0.5) is 14.5 Å². The lowest BCUT2D eigenvalue weighted by atomic mass is 10.2. The highest BCUT2D eigenvalue weighted by Gasteiger charge is 2.26. The van der Waals surface area contributed by atoms with E-state index in [1.807, 2.05) is 18.2 Å². The molecule has 0 saturated carbocycles. The van der Waals surface area contributed by atoms with Gasteiger partial charge in [0.2, 0.25) is 11.8 Å². The number of carbonyl (C=O) groups is 2.